The van der Waals surface area contributed by atoms with Crippen molar-refractivity contribution in [1.82, 2.24) is 10.3 Å². The van der Waals surface area contributed by atoms with Crippen LogP contribution in [0.1, 0.15) is 38.9 Å². The molecule has 0 spiro atoms. The standard InChI is InChI=1S/C23H20Cl2N2O4/c1-14(10-15-2-4-16(5-3-15)23(29)30)27-22(28)20-11-18(25)12-26-21(20)13-31-19-8-6-17(24)7-9-19/h2-9,11-12,14H,10,13H2,1H3,(H,27,28)(H,29,30)/t14-/m0/s1. The fourth-order valence-corrected chi connectivity index (χ4v) is 3.24. The topological polar surface area (TPSA) is 88.5 Å². The maximum absolute atomic E-state index is 12.9. The lowest BCUT2D eigenvalue weighted by Crippen LogP contribution is -2.35. The van der Waals surface area contributed by atoms with E-state index < -0.39 is 5.97 Å². The second-order valence-electron chi connectivity index (χ2n) is 6.97. The van der Waals surface area contributed by atoms with Gasteiger partial charge in [-0.1, -0.05) is 35.3 Å². The summed E-state index contributed by atoms with van der Waals surface area (Å²) >= 11 is 11.9. The molecule has 0 radical (unpaired) electrons. The third kappa shape index (κ3) is 6.44. The molecule has 2 N–H and O–H groups in total. The SMILES string of the molecule is C[C@@H](Cc1ccc(C(=O)O)cc1)NC(=O)c1cc(Cl)cnc1COc1ccc(Cl)cc1. The number of rotatable bonds is 8. The number of pyridine rings is 1. The number of hydrogen-bond acceptors (Lipinski definition) is 4. The molecule has 1 heterocycles. The van der Waals surface area contributed by atoms with E-state index in [9.17, 15) is 9.59 Å². The third-order valence-corrected chi connectivity index (χ3v) is 4.95. The van der Waals surface area contributed by atoms with Crippen LogP contribution < -0.4 is 10.1 Å². The Kier molecular flexibility index (Phi) is 7.50. The molecule has 6 nitrogen and oxygen atoms in total. The van der Waals surface area contributed by atoms with Crippen molar-refractivity contribution >= 4 is 35.1 Å². The quantitative estimate of drug-likeness (QED) is 0.494. The minimum atomic E-state index is -0.977. The number of hydrogen-bond donors (Lipinski definition) is 2. The van der Waals surface area contributed by atoms with Crippen LogP contribution in [0.25, 0.3) is 0 Å². The molecule has 0 aliphatic carbocycles. The molecule has 3 aromatic rings. The highest BCUT2D eigenvalue weighted by Gasteiger charge is 2.17. The first-order chi connectivity index (χ1) is 14.8. The molecule has 0 bridgehead atoms. The second-order valence-corrected chi connectivity index (χ2v) is 7.84. The molecule has 0 fully saturated rings. The molecule has 0 saturated carbocycles. The van der Waals surface area contributed by atoms with Crippen LogP contribution in [0.2, 0.25) is 10.0 Å². The van der Waals surface area contributed by atoms with E-state index in [1.165, 1.54) is 6.20 Å². The number of carbonyl (C=O) groups is 2. The third-order valence-electron chi connectivity index (χ3n) is 4.49. The van der Waals surface area contributed by atoms with Gasteiger partial charge < -0.3 is 15.2 Å². The van der Waals surface area contributed by atoms with E-state index in [0.717, 1.165) is 5.56 Å². The predicted molar refractivity (Wildman–Crippen MR) is 119 cm³/mol. The monoisotopic (exact) mass is 458 g/mol. The van der Waals surface area contributed by atoms with Crippen LogP contribution >= 0.6 is 23.2 Å². The van der Waals surface area contributed by atoms with Gasteiger partial charge in [0.2, 0.25) is 0 Å². The van der Waals surface area contributed by atoms with E-state index in [1.54, 1.807) is 54.6 Å². The Balaban J connectivity index is 1.66. The molecule has 8 heteroatoms. The highest BCUT2D eigenvalue weighted by molar-refractivity contribution is 6.31. The van der Waals surface area contributed by atoms with Gasteiger partial charge in [0.1, 0.15) is 12.4 Å². The van der Waals surface area contributed by atoms with Crippen LogP contribution in [0.15, 0.2) is 60.8 Å². The number of carboxylic acid groups (broad SMARTS) is 1. The summed E-state index contributed by atoms with van der Waals surface area (Å²) in [4.78, 5) is 28.1. The molecule has 31 heavy (non-hydrogen) atoms. The summed E-state index contributed by atoms with van der Waals surface area (Å²) in [5.41, 5.74) is 1.91. The molecule has 3 rings (SSSR count). The normalized spacial score (nSPS) is 11.6. The van der Waals surface area contributed by atoms with Crippen LogP contribution in [-0.2, 0) is 13.0 Å². The minimum absolute atomic E-state index is 0.0899. The van der Waals surface area contributed by atoms with E-state index in [1.807, 2.05) is 6.92 Å². The van der Waals surface area contributed by atoms with Gasteiger partial charge in [-0.3, -0.25) is 9.78 Å². The first-order valence-electron chi connectivity index (χ1n) is 9.47. The summed E-state index contributed by atoms with van der Waals surface area (Å²) in [5, 5.41) is 12.9. The zero-order chi connectivity index (χ0) is 22.4. The number of benzene rings is 2. The maximum atomic E-state index is 12.9. The van der Waals surface area contributed by atoms with E-state index in [4.69, 9.17) is 33.0 Å². The minimum Gasteiger partial charge on any atom is -0.487 e. The van der Waals surface area contributed by atoms with E-state index in [-0.39, 0.29) is 24.1 Å². The van der Waals surface area contributed by atoms with Gasteiger partial charge in [-0.2, -0.15) is 0 Å². The van der Waals surface area contributed by atoms with Crippen molar-refractivity contribution in [3.63, 3.8) is 0 Å². The van der Waals surface area contributed by atoms with Gasteiger partial charge in [0.15, 0.2) is 0 Å². The van der Waals surface area contributed by atoms with Crippen LogP contribution in [0.3, 0.4) is 0 Å². The summed E-state index contributed by atoms with van der Waals surface area (Å²) in [7, 11) is 0. The summed E-state index contributed by atoms with van der Waals surface area (Å²) in [5.74, 6) is -0.695. The average Bonchev–Trinajstić information content (AvgIpc) is 2.74. The fourth-order valence-electron chi connectivity index (χ4n) is 2.95. The summed E-state index contributed by atoms with van der Waals surface area (Å²) in [6, 6.07) is 14.8. The lowest BCUT2D eigenvalue weighted by Gasteiger charge is -2.16. The maximum Gasteiger partial charge on any atom is 0.335 e. The van der Waals surface area contributed by atoms with Crippen molar-refractivity contribution in [2.45, 2.75) is 26.0 Å². The first-order valence-corrected chi connectivity index (χ1v) is 10.2. The Bertz CT molecular complexity index is 1070. The zero-order valence-corrected chi connectivity index (χ0v) is 18.2. The zero-order valence-electron chi connectivity index (χ0n) is 16.6. The number of carbonyl (C=O) groups excluding carboxylic acids is 1. The molecule has 1 aromatic heterocycles. The molecular weight excluding hydrogens is 439 g/mol. The Morgan fingerprint density at radius 2 is 1.74 bits per heavy atom. The molecule has 0 saturated heterocycles. The summed E-state index contributed by atoms with van der Waals surface area (Å²) < 4.78 is 5.72. The van der Waals surface area contributed by atoms with Crippen molar-refractivity contribution < 1.29 is 19.4 Å². The second kappa shape index (κ2) is 10.3. The van der Waals surface area contributed by atoms with Crippen molar-refractivity contribution in [3.05, 3.63) is 93.2 Å². The van der Waals surface area contributed by atoms with Gasteiger partial charge in [0.05, 0.1) is 21.8 Å². The van der Waals surface area contributed by atoms with Crippen molar-refractivity contribution in [2.75, 3.05) is 0 Å². The number of ether oxygens (including phenoxy) is 1. The molecular formula is C23H20Cl2N2O4. The Morgan fingerprint density at radius 3 is 2.39 bits per heavy atom. The molecule has 0 aliphatic heterocycles. The molecule has 2 aromatic carbocycles. The molecule has 160 valence electrons. The molecule has 0 aliphatic rings. The molecule has 1 amide bonds. The van der Waals surface area contributed by atoms with Gasteiger partial charge >= 0.3 is 5.97 Å². The lowest BCUT2D eigenvalue weighted by atomic mass is 10.0. The van der Waals surface area contributed by atoms with Gasteiger partial charge in [-0.15, -0.1) is 0 Å². The summed E-state index contributed by atoms with van der Waals surface area (Å²) in [6.07, 6.45) is 2.00. The summed E-state index contributed by atoms with van der Waals surface area (Å²) in [6.45, 7) is 1.96. The number of aromatic carboxylic acids is 1. The van der Waals surface area contributed by atoms with E-state index in [0.29, 0.717) is 33.5 Å². The average molecular weight is 459 g/mol. The first kappa shape index (κ1) is 22.6. The van der Waals surface area contributed by atoms with E-state index in [2.05, 4.69) is 10.3 Å². The van der Waals surface area contributed by atoms with Crippen LogP contribution in [0.5, 0.6) is 5.75 Å². The molecule has 1 atom stereocenters. The van der Waals surface area contributed by atoms with Crippen LogP contribution in [0, 0.1) is 0 Å². The number of amides is 1. The number of carboxylic acids is 1. The molecule has 0 unspecified atom stereocenters. The fraction of sp³-hybridized carbons (Fsp3) is 0.174. The number of nitrogens with zero attached hydrogens (tertiary/aromatic N) is 1. The highest BCUT2D eigenvalue weighted by atomic mass is 35.5. The van der Waals surface area contributed by atoms with Crippen LogP contribution in [0.4, 0.5) is 0 Å². The smallest absolute Gasteiger partial charge is 0.335 e. The van der Waals surface area contributed by atoms with E-state index >= 15 is 0 Å². The number of nitrogens with one attached hydrogen (secondary N) is 1. The van der Waals surface area contributed by atoms with Crippen molar-refractivity contribution in [1.29, 1.82) is 0 Å². The van der Waals surface area contributed by atoms with Crippen LogP contribution in [-0.4, -0.2) is 28.0 Å². The van der Waals surface area contributed by atoms with Gasteiger partial charge in [-0.25, -0.2) is 4.79 Å². The van der Waals surface area contributed by atoms with Crippen molar-refractivity contribution in [2.24, 2.45) is 0 Å². The Labute approximate surface area is 189 Å². The van der Waals surface area contributed by atoms with Crippen molar-refractivity contribution in [3.8, 4) is 5.75 Å². The van der Waals surface area contributed by atoms with Gasteiger partial charge in [0, 0.05) is 17.3 Å². The number of aromatic nitrogens is 1. The lowest BCUT2D eigenvalue weighted by molar-refractivity contribution is 0.0696. The number of halogens is 2. The Hall–Kier alpha value is -3.09. The van der Waals surface area contributed by atoms with Gasteiger partial charge in [-0.05, 0) is 61.4 Å². The highest BCUT2D eigenvalue weighted by Crippen LogP contribution is 2.19. The van der Waals surface area contributed by atoms with Gasteiger partial charge in [0.25, 0.3) is 5.91 Å². The Morgan fingerprint density at radius 1 is 1.06 bits per heavy atom. The largest absolute Gasteiger partial charge is 0.487 e. The predicted octanol–water partition coefficient (Wildman–Crippen LogP) is 5.03.